The van der Waals surface area contributed by atoms with Crippen LogP contribution in [0.15, 0.2) is 82.7 Å². The van der Waals surface area contributed by atoms with Gasteiger partial charge in [-0.15, -0.1) is 11.8 Å². The third kappa shape index (κ3) is 9.63. The van der Waals surface area contributed by atoms with Gasteiger partial charge in [-0.2, -0.15) is 4.98 Å². The number of hydrogen-bond acceptors (Lipinski definition) is 13. The fourth-order valence-corrected chi connectivity index (χ4v) is 14.0. The number of rotatable bonds is 13. The third-order valence-electron chi connectivity index (χ3n) is 15.6. The number of aromatic amines is 1. The molecule has 2 aliphatic carbocycles. The second-order valence-electron chi connectivity index (χ2n) is 20.6. The van der Waals surface area contributed by atoms with E-state index < -0.39 is 37.0 Å². The van der Waals surface area contributed by atoms with E-state index in [1.165, 1.54) is 61.7 Å². The maximum Gasteiger partial charge on any atom is 0.288 e. The zero-order valence-corrected chi connectivity index (χ0v) is 41.4. The Hall–Kier alpha value is -5.36. The van der Waals surface area contributed by atoms with Crippen molar-refractivity contribution in [2.45, 2.75) is 130 Å². The molecule has 0 unspecified atom stereocenters. The van der Waals surface area contributed by atoms with Crippen LogP contribution in [0.3, 0.4) is 0 Å². The Kier molecular flexibility index (Phi) is 12.9. The number of nitrogens with zero attached hydrogens (tertiary/aromatic N) is 4. The van der Waals surface area contributed by atoms with Gasteiger partial charge in [-0.3, -0.25) is 19.8 Å². The molecule has 1 amide bonds. The summed E-state index contributed by atoms with van der Waals surface area (Å²) >= 11 is 1.31. The molecule has 5 aromatic rings. The van der Waals surface area contributed by atoms with E-state index in [0.29, 0.717) is 42.4 Å². The van der Waals surface area contributed by atoms with Gasteiger partial charge in [0.1, 0.15) is 28.6 Å². The number of sulfonamides is 1. The number of thioether (sulfide) groups is 1. The molecule has 2 saturated carbocycles. The molecule has 3 aliphatic heterocycles. The van der Waals surface area contributed by atoms with Crippen molar-refractivity contribution >= 4 is 50.1 Å². The SMILES string of the molecule is COc1nc2[nH]ccc2cc1Oc1cc(N2CCC3(CC2)CC(N2CCC[C@@H]2c2ccccc2C(C)C)C3)ccc1C(=O)NS(=O)(=O)c1cc2c(c([N+](=O)[O-])c1)S[C@@H](C[C@H]1CC[C@](C)(O)CC1)CO2. The lowest BCUT2D eigenvalue weighted by molar-refractivity contribution is -0.388. The summed E-state index contributed by atoms with van der Waals surface area (Å²) in [5.41, 5.74) is 3.47. The van der Waals surface area contributed by atoms with E-state index >= 15 is 0 Å². The summed E-state index contributed by atoms with van der Waals surface area (Å²) in [6.07, 6.45) is 12.4. The van der Waals surface area contributed by atoms with Crippen molar-refractivity contribution < 1.29 is 37.5 Å². The van der Waals surface area contributed by atoms with Crippen molar-refractivity contribution in [1.82, 2.24) is 19.6 Å². The predicted octanol–water partition coefficient (Wildman–Crippen LogP) is 10.3. The number of aliphatic hydroxyl groups is 1. The summed E-state index contributed by atoms with van der Waals surface area (Å²) in [5.74, 6) is 0.395. The number of aromatic nitrogens is 2. The van der Waals surface area contributed by atoms with E-state index in [4.69, 9.17) is 14.2 Å². The lowest BCUT2D eigenvalue weighted by Gasteiger charge is -2.56. The summed E-state index contributed by atoms with van der Waals surface area (Å²) in [6.45, 7) is 9.42. The van der Waals surface area contributed by atoms with Gasteiger partial charge in [-0.05, 0) is 137 Å². The van der Waals surface area contributed by atoms with Crippen molar-refractivity contribution in [2.24, 2.45) is 11.3 Å². The lowest BCUT2D eigenvalue weighted by atomic mass is 9.59. The van der Waals surface area contributed by atoms with Gasteiger partial charge in [0, 0.05) is 65.9 Å². The number of likely N-dealkylation sites (tertiary alicyclic amines) is 1. The van der Waals surface area contributed by atoms with Gasteiger partial charge >= 0.3 is 0 Å². The number of nitro groups is 1. The van der Waals surface area contributed by atoms with Crippen molar-refractivity contribution in [3.63, 3.8) is 0 Å². The Bertz CT molecular complexity index is 2860. The smallest absolute Gasteiger partial charge is 0.288 e. The van der Waals surface area contributed by atoms with Crippen LogP contribution in [0.5, 0.6) is 23.1 Å². The van der Waals surface area contributed by atoms with Crippen molar-refractivity contribution in [3.05, 3.63) is 99.7 Å². The second kappa shape index (κ2) is 18.8. The van der Waals surface area contributed by atoms with Crippen LogP contribution in [0.1, 0.15) is 125 Å². The molecule has 4 fully saturated rings. The number of nitrogens with one attached hydrogen (secondary N) is 2. The quantitative estimate of drug-likeness (QED) is 0.0747. The molecule has 0 radical (unpaired) electrons. The Morgan fingerprint density at radius 1 is 1.03 bits per heavy atom. The molecule has 1 spiro atoms. The number of amides is 1. The molecule has 2 aromatic heterocycles. The molecule has 5 aliphatic rings. The molecule has 10 rings (SSSR count). The zero-order valence-electron chi connectivity index (χ0n) is 39.7. The zero-order chi connectivity index (χ0) is 48.2. The molecular weight excluding hydrogens is 917 g/mol. The highest BCUT2D eigenvalue weighted by atomic mass is 32.2. The van der Waals surface area contributed by atoms with Crippen molar-refractivity contribution in [1.29, 1.82) is 0 Å². The minimum absolute atomic E-state index is 0.0700. The van der Waals surface area contributed by atoms with Crippen LogP contribution in [0.25, 0.3) is 11.0 Å². The molecule has 3 N–H and O–H groups in total. The molecule has 15 nitrogen and oxygen atoms in total. The molecule has 0 bridgehead atoms. The van der Waals surface area contributed by atoms with E-state index in [-0.39, 0.29) is 50.9 Å². The number of ether oxygens (including phenoxy) is 3. The number of pyridine rings is 1. The van der Waals surface area contributed by atoms with Gasteiger partial charge in [0.15, 0.2) is 5.75 Å². The molecule has 3 aromatic carbocycles. The second-order valence-corrected chi connectivity index (χ2v) is 23.6. The average Bonchev–Trinajstić information content (AvgIpc) is 4.00. The number of piperidine rings is 1. The first-order valence-electron chi connectivity index (χ1n) is 24.4. The Balaban J connectivity index is 0.865. The van der Waals surface area contributed by atoms with Crippen LogP contribution >= 0.6 is 11.8 Å². The highest BCUT2D eigenvalue weighted by molar-refractivity contribution is 8.00. The first-order valence-corrected chi connectivity index (χ1v) is 26.8. The van der Waals surface area contributed by atoms with Crippen LogP contribution < -0.4 is 23.8 Å². The minimum Gasteiger partial charge on any atom is -0.491 e. The van der Waals surface area contributed by atoms with Crippen molar-refractivity contribution in [2.75, 3.05) is 38.3 Å². The number of benzene rings is 3. The minimum atomic E-state index is -4.67. The monoisotopic (exact) mass is 978 g/mol. The molecule has 366 valence electrons. The number of fused-ring (bicyclic) bond motifs is 2. The van der Waals surface area contributed by atoms with E-state index in [2.05, 4.69) is 62.6 Å². The van der Waals surface area contributed by atoms with Gasteiger partial charge in [-0.1, -0.05) is 38.1 Å². The first kappa shape index (κ1) is 47.3. The number of carbonyl (C=O) groups is 1. The van der Waals surface area contributed by atoms with Gasteiger partial charge < -0.3 is 29.2 Å². The number of H-pyrrole nitrogens is 1. The van der Waals surface area contributed by atoms with Crippen LogP contribution in [0.2, 0.25) is 0 Å². The number of carbonyl (C=O) groups excluding carboxylic acids is 1. The maximum absolute atomic E-state index is 14.2. The summed E-state index contributed by atoms with van der Waals surface area (Å²) in [6, 6.07) is 20.9. The van der Waals surface area contributed by atoms with Gasteiger partial charge in [0.05, 0.1) is 28.1 Å². The average molecular weight is 979 g/mol. The number of anilines is 1. The lowest BCUT2D eigenvalue weighted by Crippen LogP contribution is -2.54. The molecule has 2 saturated heterocycles. The highest BCUT2D eigenvalue weighted by Gasteiger charge is 2.50. The highest BCUT2D eigenvalue weighted by Crippen LogP contribution is 2.55. The fraction of sp³-hybridized carbons (Fsp3) is 0.500. The molecule has 5 heterocycles. The number of nitro benzene ring substituents is 1. The Labute approximate surface area is 407 Å². The summed E-state index contributed by atoms with van der Waals surface area (Å²) < 4.78 is 48.4. The molecular formula is C52H62N6O9S2. The molecule has 2 atom stereocenters. The molecule has 69 heavy (non-hydrogen) atoms. The number of hydrogen-bond donors (Lipinski definition) is 3. The van der Waals surface area contributed by atoms with Crippen LogP contribution in [-0.2, 0) is 10.0 Å². The van der Waals surface area contributed by atoms with Gasteiger partial charge in [0.25, 0.3) is 27.5 Å². The normalized spacial score (nSPS) is 23.9. The van der Waals surface area contributed by atoms with Crippen LogP contribution in [-0.4, -0.2) is 89.5 Å². The largest absolute Gasteiger partial charge is 0.491 e. The van der Waals surface area contributed by atoms with Crippen LogP contribution in [0.4, 0.5) is 11.4 Å². The summed E-state index contributed by atoms with van der Waals surface area (Å²) in [7, 11) is -3.21. The van der Waals surface area contributed by atoms with Crippen molar-refractivity contribution in [3.8, 4) is 23.1 Å². The topological polar surface area (TPSA) is 189 Å². The third-order valence-corrected chi connectivity index (χ3v) is 18.2. The molecule has 17 heteroatoms. The maximum atomic E-state index is 14.2. The standard InChI is InChI=1S/C52H62N6O9S2/c1-32(2)39-8-5-6-9-40(39)42-10-7-21-57(42)36-29-52(30-36)18-22-56(23-19-52)35-11-12-41(44(26-35)67-46-25-34-15-20-53-48(34)54-50(46)65-4)49(59)55-69(63,64)38-27-43(58(61)62)47-45(28-38)66-31-37(68-47)24-33-13-16-51(3,60)17-14-33/h5-6,8-9,11-12,15,20,25-28,32-33,36-37,42,60H,7,10,13-14,16-19,21-24,29-31H2,1-4H3,(H,53,54)(H,55,59)/t33-,37-,42+,51-/m0/s1. The van der Waals surface area contributed by atoms with Gasteiger partial charge in [-0.25, -0.2) is 13.1 Å². The summed E-state index contributed by atoms with van der Waals surface area (Å²) in [5, 5.41) is 23.5. The predicted molar refractivity (Wildman–Crippen MR) is 265 cm³/mol. The fourth-order valence-electron chi connectivity index (χ4n) is 11.7. The Morgan fingerprint density at radius 2 is 1.80 bits per heavy atom. The Morgan fingerprint density at radius 3 is 2.54 bits per heavy atom. The first-order chi connectivity index (χ1) is 33.1. The van der Waals surface area contributed by atoms with E-state index in [0.717, 1.165) is 68.9 Å². The van der Waals surface area contributed by atoms with Gasteiger partial charge in [0.2, 0.25) is 0 Å². The van der Waals surface area contributed by atoms with Crippen LogP contribution in [0, 0.1) is 21.4 Å². The number of methoxy groups -OCH3 is 1. The van der Waals surface area contributed by atoms with E-state index in [1.54, 1.807) is 24.4 Å². The van der Waals surface area contributed by atoms with E-state index in [1.807, 2.05) is 19.1 Å². The summed E-state index contributed by atoms with van der Waals surface area (Å²) in [4.78, 5) is 38.5. The van der Waals surface area contributed by atoms with E-state index in [9.17, 15) is 28.4 Å².